The lowest BCUT2D eigenvalue weighted by atomic mass is 9.71. The number of urea groups is 1. The lowest BCUT2D eigenvalue weighted by Crippen LogP contribution is -2.56. The van der Waals surface area contributed by atoms with E-state index in [1.54, 1.807) is 0 Å². The van der Waals surface area contributed by atoms with Crippen molar-refractivity contribution in [3.05, 3.63) is 71.8 Å². The molecule has 3 aliphatic rings. The van der Waals surface area contributed by atoms with Gasteiger partial charge in [-0.25, -0.2) is 4.79 Å². The van der Waals surface area contributed by atoms with E-state index in [0.29, 0.717) is 32.0 Å². The van der Waals surface area contributed by atoms with E-state index in [1.165, 1.54) is 32.4 Å². The fraction of sp³-hybridized carbons (Fsp3) is 0.548. The molecule has 3 saturated heterocycles. The molecule has 37 heavy (non-hydrogen) atoms. The third-order valence-corrected chi connectivity index (χ3v) is 8.94. The largest absolute Gasteiger partial charge is 0.349 e. The van der Waals surface area contributed by atoms with Crippen LogP contribution in [0.1, 0.15) is 69.0 Å². The van der Waals surface area contributed by atoms with Crippen molar-refractivity contribution in [1.82, 2.24) is 20.0 Å². The van der Waals surface area contributed by atoms with E-state index in [1.807, 2.05) is 53.1 Å². The number of nitrogens with zero attached hydrogens (tertiary/aromatic N) is 3. The van der Waals surface area contributed by atoms with Crippen molar-refractivity contribution >= 4 is 11.9 Å². The first-order valence-electron chi connectivity index (χ1n) is 14.3. The second-order valence-electron chi connectivity index (χ2n) is 11.1. The molecule has 3 heterocycles. The number of carbonyl (C=O) groups excluding carboxylic acids is 2. The lowest BCUT2D eigenvalue weighted by Gasteiger charge is -2.44. The average Bonchev–Trinajstić information content (AvgIpc) is 2.98. The summed E-state index contributed by atoms with van der Waals surface area (Å²) in [6.45, 7) is 7.37. The molecule has 0 unspecified atom stereocenters. The van der Waals surface area contributed by atoms with Gasteiger partial charge in [-0.2, -0.15) is 0 Å². The van der Waals surface area contributed by atoms with E-state index >= 15 is 0 Å². The van der Waals surface area contributed by atoms with E-state index < -0.39 is 5.41 Å². The summed E-state index contributed by atoms with van der Waals surface area (Å²) in [5, 5.41) is 3.29. The minimum atomic E-state index is -0.623. The summed E-state index contributed by atoms with van der Waals surface area (Å²) >= 11 is 0. The van der Waals surface area contributed by atoms with Crippen LogP contribution in [0.15, 0.2) is 60.7 Å². The normalized spacial score (nSPS) is 21.9. The van der Waals surface area contributed by atoms with Crippen LogP contribution in [-0.4, -0.2) is 71.9 Å². The third kappa shape index (κ3) is 5.69. The summed E-state index contributed by atoms with van der Waals surface area (Å²) in [4.78, 5) is 34.0. The fourth-order valence-electron chi connectivity index (χ4n) is 6.55. The molecule has 6 nitrogen and oxygen atoms in total. The Morgan fingerprint density at radius 2 is 1.35 bits per heavy atom. The summed E-state index contributed by atoms with van der Waals surface area (Å²) in [6, 6.07) is 21.0. The molecule has 0 spiro atoms. The molecule has 0 radical (unpaired) electrons. The molecule has 0 saturated carbocycles. The van der Waals surface area contributed by atoms with Gasteiger partial charge in [0.1, 0.15) is 0 Å². The number of rotatable bonds is 5. The Morgan fingerprint density at radius 1 is 0.784 bits per heavy atom. The molecule has 6 heteroatoms. The molecule has 0 bridgehead atoms. The summed E-state index contributed by atoms with van der Waals surface area (Å²) in [7, 11) is 0. The van der Waals surface area contributed by atoms with Crippen molar-refractivity contribution in [3.63, 3.8) is 0 Å². The predicted molar refractivity (Wildman–Crippen MR) is 147 cm³/mol. The van der Waals surface area contributed by atoms with Crippen LogP contribution in [0.5, 0.6) is 0 Å². The zero-order valence-electron chi connectivity index (χ0n) is 22.3. The Morgan fingerprint density at radius 3 is 1.97 bits per heavy atom. The predicted octanol–water partition coefficient (Wildman–Crippen LogP) is 4.97. The van der Waals surface area contributed by atoms with Crippen LogP contribution in [0.4, 0.5) is 4.79 Å². The molecular formula is C31H42N4O2. The van der Waals surface area contributed by atoms with Gasteiger partial charge in [0.15, 0.2) is 0 Å². The molecule has 3 amide bonds. The van der Waals surface area contributed by atoms with Crippen molar-refractivity contribution < 1.29 is 9.59 Å². The van der Waals surface area contributed by atoms with Gasteiger partial charge in [-0.3, -0.25) is 4.79 Å². The highest BCUT2D eigenvalue weighted by molar-refractivity contribution is 5.89. The van der Waals surface area contributed by atoms with Crippen LogP contribution in [0.2, 0.25) is 0 Å². The van der Waals surface area contributed by atoms with Crippen molar-refractivity contribution in [2.75, 3.05) is 39.3 Å². The molecule has 5 rings (SSSR count). The second-order valence-corrected chi connectivity index (χ2v) is 11.1. The Kier molecular flexibility index (Phi) is 8.14. The Bertz CT molecular complexity index is 1020. The van der Waals surface area contributed by atoms with Crippen LogP contribution < -0.4 is 5.32 Å². The number of amides is 3. The van der Waals surface area contributed by atoms with Gasteiger partial charge in [0.05, 0.1) is 11.5 Å². The van der Waals surface area contributed by atoms with Gasteiger partial charge in [0.25, 0.3) is 0 Å². The van der Waals surface area contributed by atoms with E-state index in [-0.39, 0.29) is 18.0 Å². The van der Waals surface area contributed by atoms with E-state index in [9.17, 15) is 9.59 Å². The van der Waals surface area contributed by atoms with Gasteiger partial charge in [0, 0.05) is 32.2 Å². The second kappa shape index (κ2) is 11.7. The molecule has 2 aromatic rings. The quantitative estimate of drug-likeness (QED) is 0.628. The minimum Gasteiger partial charge on any atom is -0.349 e. The maximum Gasteiger partial charge on any atom is 0.320 e. The average molecular weight is 503 g/mol. The topological polar surface area (TPSA) is 55.9 Å². The highest BCUT2D eigenvalue weighted by atomic mass is 16.2. The monoisotopic (exact) mass is 502 g/mol. The first-order chi connectivity index (χ1) is 18.1. The summed E-state index contributed by atoms with van der Waals surface area (Å²) in [6.07, 6.45) is 7.42. The number of hydrogen-bond acceptors (Lipinski definition) is 3. The van der Waals surface area contributed by atoms with Crippen molar-refractivity contribution in [2.24, 2.45) is 0 Å². The van der Waals surface area contributed by atoms with Crippen LogP contribution in [0.25, 0.3) is 0 Å². The maximum absolute atomic E-state index is 13.8. The maximum atomic E-state index is 13.8. The smallest absolute Gasteiger partial charge is 0.320 e. The number of likely N-dealkylation sites (tertiary alicyclic amines) is 3. The summed E-state index contributed by atoms with van der Waals surface area (Å²) in [5.74, 6) is 0.0597. The Hall–Kier alpha value is -2.86. The minimum absolute atomic E-state index is 0.0597. The third-order valence-electron chi connectivity index (χ3n) is 8.94. The molecular weight excluding hydrogens is 460 g/mol. The standard InChI is InChI=1S/C31H42N4O2/c1-25(26-11-5-2-6-12-26)32-29(36)31(27-13-7-3-8-14-27)17-23-35(24-18-31)30(37)34-21-15-28(16-22-34)33-19-9-4-10-20-33/h2-3,5-8,11-14,25,28H,4,9-10,15-24H2,1H3,(H,32,36)/t25-/m0/s1. The molecule has 2 aromatic carbocycles. The fourth-order valence-corrected chi connectivity index (χ4v) is 6.55. The van der Waals surface area contributed by atoms with Gasteiger partial charge in [-0.15, -0.1) is 0 Å². The van der Waals surface area contributed by atoms with Crippen LogP contribution in [-0.2, 0) is 10.2 Å². The number of piperidine rings is 3. The Balaban J connectivity index is 1.22. The van der Waals surface area contributed by atoms with Gasteiger partial charge in [-0.05, 0) is 69.7 Å². The highest BCUT2D eigenvalue weighted by Gasteiger charge is 2.44. The van der Waals surface area contributed by atoms with Gasteiger partial charge < -0.3 is 20.0 Å². The highest BCUT2D eigenvalue weighted by Crippen LogP contribution is 2.37. The molecule has 1 N–H and O–H groups in total. The molecule has 0 aliphatic carbocycles. The van der Waals surface area contributed by atoms with E-state index in [2.05, 4.69) is 34.5 Å². The van der Waals surface area contributed by atoms with Crippen molar-refractivity contribution in [3.8, 4) is 0 Å². The van der Waals surface area contributed by atoms with E-state index in [4.69, 9.17) is 0 Å². The zero-order valence-corrected chi connectivity index (χ0v) is 22.3. The molecule has 3 aliphatic heterocycles. The number of hydrogen-bond donors (Lipinski definition) is 1. The van der Waals surface area contributed by atoms with Gasteiger partial charge in [-0.1, -0.05) is 67.1 Å². The van der Waals surface area contributed by atoms with Gasteiger partial charge in [0.2, 0.25) is 5.91 Å². The summed E-state index contributed by atoms with van der Waals surface area (Å²) < 4.78 is 0. The van der Waals surface area contributed by atoms with Crippen LogP contribution in [0, 0.1) is 0 Å². The van der Waals surface area contributed by atoms with Crippen LogP contribution >= 0.6 is 0 Å². The van der Waals surface area contributed by atoms with E-state index in [0.717, 1.165) is 37.1 Å². The molecule has 198 valence electrons. The first kappa shape index (κ1) is 25.8. The summed E-state index contributed by atoms with van der Waals surface area (Å²) in [5.41, 5.74) is 1.52. The number of nitrogens with one attached hydrogen (secondary N) is 1. The van der Waals surface area contributed by atoms with Crippen LogP contribution in [0.3, 0.4) is 0 Å². The SMILES string of the molecule is C[C@H](NC(=O)C1(c2ccccc2)CCN(C(=O)N2CCC(N3CCCCC3)CC2)CC1)c1ccccc1. The Labute approximate surface area is 222 Å². The molecule has 3 fully saturated rings. The number of benzene rings is 2. The van der Waals surface area contributed by atoms with Crippen molar-refractivity contribution in [2.45, 2.75) is 69.4 Å². The first-order valence-corrected chi connectivity index (χ1v) is 14.3. The van der Waals surface area contributed by atoms with Gasteiger partial charge >= 0.3 is 6.03 Å². The lowest BCUT2D eigenvalue weighted by molar-refractivity contribution is -0.129. The molecule has 1 atom stereocenters. The zero-order chi connectivity index (χ0) is 25.7. The van der Waals surface area contributed by atoms with Crippen molar-refractivity contribution in [1.29, 1.82) is 0 Å². The number of carbonyl (C=O) groups is 2. The molecule has 0 aromatic heterocycles.